The van der Waals surface area contributed by atoms with Gasteiger partial charge in [-0.25, -0.2) is 4.39 Å². The van der Waals surface area contributed by atoms with Gasteiger partial charge in [0.05, 0.1) is 0 Å². The molecule has 0 N–H and O–H groups in total. The number of ketones is 1. The van der Waals surface area contributed by atoms with Gasteiger partial charge in [0.15, 0.2) is 5.78 Å². The lowest BCUT2D eigenvalue weighted by atomic mass is 9.97. The summed E-state index contributed by atoms with van der Waals surface area (Å²) in [6, 6.07) is 14.9. The molecule has 0 aromatic heterocycles. The summed E-state index contributed by atoms with van der Waals surface area (Å²) in [6.07, 6.45) is 0. The van der Waals surface area contributed by atoms with Crippen LogP contribution in [0.4, 0.5) is 4.39 Å². The Kier molecular flexibility index (Phi) is 3.79. The van der Waals surface area contributed by atoms with E-state index in [1.54, 1.807) is 18.2 Å². The SMILES string of the molecule is O=C(c1cc(F)cc(Br)c1)c1ccc(Cl)c2ccccc12. The molecule has 21 heavy (non-hydrogen) atoms. The maximum absolute atomic E-state index is 13.5. The van der Waals surface area contributed by atoms with Crippen LogP contribution in [-0.4, -0.2) is 5.78 Å². The smallest absolute Gasteiger partial charge is 0.193 e. The molecule has 104 valence electrons. The minimum atomic E-state index is -0.453. The van der Waals surface area contributed by atoms with Crippen LogP contribution in [0.2, 0.25) is 5.02 Å². The lowest BCUT2D eigenvalue weighted by Crippen LogP contribution is -2.03. The monoisotopic (exact) mass is 362 g/mol. The van der Waals surface area contributed by atoms with Gasteiger partial charge < -0.3 is 0 Å². The van der Waals surface area contributed by atoms with Crippen LogP contribution in [0.3, 0.4) is 0 Å². The Balaban J connectivity index is 2.20. The minimum Gasteiger partial charge on any atom is -0.289 e. The molecule has 0 atom stereocenters. The molecule has 0 unspecified atom stereocenters. The summed E-state index contributed by atoms with van der Waals surface area (Å²) in [5, 5.41) is 2.15. The van der Waals surface area contributed by atoms with Crippen molar-refractivity contribution >= 4 is 44.1 Å². The summed E-state index contributed by atoms with van der Waals surface area (Å²) in [6.45, 7) is 0. The van der Waals surface area contributed by atoms with Crippen LogP contribution in [0.15, 0.2) is 59.1 Å². The molecule has 0 bridgehead atoms. The van der Waals surface area contributed by atoms with Crippen molar-refractivity contribution in [2.45, 2.75) is 0 Å². The Morgan fingerprint density at radius 3 is 2.43 bits per heavy atom. The second-order valence-electron chi connectivity index (χ2n) is 4.63. The summed E-state index contributed by atoms with van der Waals surface area (Å²) < 4.78 is 14.0. The Morgan fingerprint density at radius 2 is 1.71 bits per heavy atom. The topological polar surface area (TPSA) is 17.1 Å². The summed E-state index contributed by atoms with van der Waals surface area (Å²) in [5.41, 5.74) is 0.807. The Bertz CT molecular complexity index is 840. The first kappa shape index (κ1) is 14.2. The van der Waals surface area contributed by atoms with E-state index in [2.05, 4.69) is 15.9 Å². The molecular formula is C17H9BrClFO. The molecule has 0 saturated carbocycles. The van der Waals surface area contributed by atoms with E-state index in [0.29, 0.717) is 20.6 Å². The largest absolute Gasteiger partial charge is 0.289 e. The highest BCUT2D eigenvalue weighted by molar-refractivity contribution is 9.10. The number of hydrogen-bond acceptors (Lipinski definition) is 1. The predicted octanol–water partition coefficient (Wildman–Crippen LogP) is 5.63. The first-order valence-corrected chi connectivity index (χ1v) is 7.41. The van der Waals surface area contributed by atoms with Crippen molar-refractivity contribution in [1.29, 1.82) is 0 Å². The zero-order valence-corrected chi connectivity index (χ0v) is 13.1. The first-order chi connectivity index (χ1) is 10.1. The lowest BCUT2D eigenvalue weighted by molar-refractivity contribution is 0.104. The van der Waals surface area contributed by atoms with Crippen molar-refractivity contribution in [2.75, 3.05) is 0 Å². The maximum atomic E-state index is 13.5. The second-order valence-corrected chi connectivity index (χ2v) is 5.95. The fourth-order valence-electron chi connectivity index (χ4n) is 2.30. The highest BCUT2D eigenvalue weighted by atomic mass is 79.9. The third-order valence-electron chi connectivity index (χ3n) is 3.24. The van der Waals surface area contributed by atoms with Crippen molar-refractivity contribution in [3.63, 3.8) is 0 Å². The van der Waals surface area contributed by atoms with E-state index < -0.39 is 5.82 Å². The zero-order chi connectivity index (χ0) is 15.0. The van der Waals surface area contributed by atoms with Gasteiger partial charge in [0, 0.05) is 26.0 Å². The number of halogens is 3. The zero-order valence-electron chi connectivity index (χ0n) is 10.7. The van der Waals surface area contributed by atoms with E-state index in [4.69, 9.17) is 11.6 Å². The maximum Gasteiger partial charge on any atom is 0.193 e. The van der Waals surface area contributed by atoms with Gasteiger partial charge in [-0.1, -0.05) is 51.8 Å². The lowest BCUT2D eigenvalue weighted by Gasteiger charge is -2.08. The number of benzene rings is 3. The Morgan fingerprint density at radius 1 is 1.00 bits per heavy atom. The van der Waals surface area contributed by atoms with Gasteiger partial charge in [0.2, 0.25) is 0 Å². The van der Waals surface area contributed by atoms with E-state index in [1.807, 2.05) is 24.3 Å². The molecule has 0 aliphatic rings. The number of fused-ring (bicyclic) bond motifs is 1. The average molecular weight is 364 g/mol. The van der Waals surface area contributed by atoms with E-state index in [1.165, 1.54) is 12.1 Å². The van der Waals surface area contributed by atoms with Crippen LogP contribution in [-0.2, 0) is 0 Å². The number of rotatable bonds is 2. The van der Waals surface area contributed by atoms with Gasteiger partial charge in [0.25, 0.3) is 0 Å². The van der Waals surface area contributed by atoms with Gasteiger partial charge in [-0.05, 0) is 35.7 Å². The molecule has 3 aromatic carbocycles. The fraction of sp³-hybridized carbons (Fsp3) is 0. The van der Waals surface area contributed by atoms with E-state index in [-0.39, 0.29) is 5.78 Å². The highest BCUT2D eigenvalue weighted by Gasteiger charge is 2.15. The van der Waals surface area contributed by atoms with Crippen LogP contribution in [0.1, 0.15) is 15.9 Å². The normalized spacial score (nSPS) is 10.8. The molecule has 1 nitrogen and oxygen atoms in total. The molecule has 0 spiro atoms. The van der Waals surface area contributed by atoms with Crippen LogP contribution in [0, 0.1) is 5.82 Å². The summed E-state index contributed by atoms with van der Waals surface area (Å²) in [7, 11) is 0. The molecule has 0 fully saturated rings. The van der Waals surface area contributed by atoms with E-state index in [9.17, 15) is 9.18 Å². The van der Waals surface area contributed by atoms with Crippen molar-refractivity contribution < 1.29 is 9.18 Å². The molecular weight excluding hydrogens is 355 g/mol. The molecule has 0 amide bonds. The van der Waals surface area contributed by atoms with Crippen LogP contribution >= 0.6 is 27.5 Å². The van der Waals surface area contributed by atoms with Crippen LogP contribution in [0.5, 0.6) is 0 Å². The second kappa shape index (κ2) is 5.58. The van der Waals surface area contributed by atoms with Crippen molar-refractivity contribution in [3.8, 4) is 0 Å². The molecule has 3 aromatic rings. The van der Waals surface area contributed by atoms with Crippen LogP contribution < -0.4 is 0 Å². The van der Waals surface area contributed by atoms with Crippen molar-refractivity contribution in [2.24, 2.45) is 0 Å². The molecule has 0 aliphatic carbocycles. The average Bonchev–Trinajstić information content (AvgIpc) is 2.46. The predicted molar refractivity (Wildman–Crippen MR) is 86.5 cm³/mol. The first-order valence-electron chi connectivity index (χ1n) is 6.24. The van der Waals surface area contributed by atoms with Gasteiger partial charge in [-0.15, -0.1) is 0 Å². The van der Waals surface area contributed by atoms with Crippen molar-refractivity contribution in [3.05, 3.63) is 81.0 Å². The molecule has 0 saturated heterocycles. The summed E-state index contributed by atoms with van der Waals surface area (Å²) in [4.78, 5) is 12.6. The Hall–Kier alpha value is -1.71. The number of carbonyl (C=O) groups excluding carboxylic acids is 1. The van der Waals surface area contributed by atoms with Gasteiger partial charge in [-0.2, -0.15) is 0 Å². The third-order valence-corrected chi connectivity index (χ3v) is 4.03. The van der Waals surface area contributed by atoms with Crippen molar-refractivity contribution in [1.82, 2.24) is 0 Å². The van der Waals surface area contributed by atoms with E-state index >= 15 is 0 Å². The quantitative estimate of drug-likeness (QED) is 0.540. The minimum absolute atomic E-state index is 0.233. The standard InChI is InChI=1S/C17H9BrClFO/c18-11-7-10(8-12(20)9-11)17(21)15-5-6-16(19)14-4-2-1-3-13(14)15/h1-9H. The molecule has 4 heteroatoms. The number of carbonyl (C=O) groups is 1. The van der Waals surface area contributed by atoms with Gasteiger partial charge in [0.1, 0.15) is 5.82 Å². The van der Waals surface area contributed by atoms with Gasteiger partial charge >= 0.3 is 0 Å². The summed E-state index contributed by atoms with van der Waals surface area (Å²) >= 11 is 9.35. The van der Waals surface area contributed by atoms with E-state index in [0.717, 1.165) is 10.8 Å². The molecule has 0 radical (unpaired) electrons. The third kappa shape index (κ3) is 2.71. The van der Waals surface area contributed by atoms with Crippen LogP contribution in [0.25, 0.3) is 10.8 Å². The number of hydrogen-bond donors (Lipinski definition) is 0. The highest BCUT2D eigenvalue weighted by Crippen LogP contribution is 2.28. The molecule has 0 heterocycles. The Labute approximate surface area is 134 Å². The van der Waals surface area contributed by atoms with Gasteiger partial charge in [-0.3, -0.25) is 4.79 Å². The molecule has 3 rings (SSSR count). The molecule has 0 aliphatic heterocycles. The summed E-state index contributed by atoms with van der Waals surface area (Å²) in [5.74, 6) is -0.686. The fourth-order valence-corrected chi connectivity index (χ4v) is 2.99.